The molecule has 0 heterocycles. The quantitative estimate of drug-likeness (QED) is 0.0262. The number of esters is 3. The zero-order chi connectivity index (χ0) is 48.6. The highest BCUT2D eigenvalue weighted by Crippen LogP contribution is 2.13. The predicted molar refractivity (Wildman–Crippen MR) is 288 cm³/mol. The predicted octanol–water partition coefficient (Wildman–Crippen LogP) is 18.5. The first-order chi connectivity index (χ1) is 33.0. The molecule has 0 aromatic rings. The van der Waals surface area contributed by atoms with Crippen LogP contribution in [0.3, 0.4) is 0 Å². The number of ether oxygens (including phenoxy) is 3. The van der Waals surface area contributed by atoms with Gasteiger partial charge in [-0.3, -0.25) is 14.4 Å². The number of allylic oxidation sites excluding steroid dienone is 16. The van der Waals surface area contributed by atoms with Crippen LogP contribution in [0.4, 0.5) is 0 Å². The molecular weight excluding hydrogens is 829 g/mol. The van der Waals surface area contributed by atoms with Crippen molar-refractivity contribution in [1.29, 1.82) is 0 Å². The summed E-state index contributed by atoms with van der Waals surface area (Å²) in [7, 11) is 0. The largest absolute Gasteiger partial charge is 0.462 e. The summed E-state index contributed by atoms with van der Waals surface area (Å²) in [5.41, 5.74) is 0. The lowest BCUT2D eigenvalue weighted by atomic mass is 10.1. The fraction of sp³-hybridized carbons (Fsp3) is 0.689. The molecule has 0 N–H and O–H groups in total. The highest BCUT2D eigenvalue weighted by atomic mass is 16.6. The van der Waals surface area contributed by atoms with Crippen molar-refractivity contribution in [2.45, 2.75) is 258 Å². The third-order valence-electron chi connectivity index (χ3n) is 11.6. The molecule has 0 amide bonds. The molecule has 0 radical (unpaired) electrons. The zero-order valence-corrected chi connectivity index (χ0v) is 43.6. The summed E-state index contributed by atoms with van der Waals surface area (Å²) in [6, 6.07) is 0. The smallest absolute Gasteiger partial charge is 0.306 e. The van der Waals surface area contributed by atoms with Gasteiger partial charge in [-0.05, 0) is 109 Å². The van der Waals surface area contributed by atoms with E-state index < -0.39 is 6.10 Å². The molecule has 0 fully saturated rings. The van der Waals surface area contributed by atoms with Crippen molar-refractivity contribution < 1.29 is 28.6 Å². The second kappa shape index (κ2) is 54.9. The van der Waals surface area contributed by atoms with Gasteiger partial charge in [0.1, 0.15) is 13.2 Å². The Bertz CT molecular complexity index is 1350. The number of rotatable bonds is 49. The highest BCUT2D eigenvalue weighted by Gasteiger charge is 2.19. The first kappa shape index (κ1) is 63.3. The van der Waals surface area contributed by atoms with Crippen molar-refractivity contribution in [3.8, 4) is 0 Å². The maximum Gasteiger partial charge on any atom is 0.306 e. The summed E-state index contributed by atoms with van der Waals surface area (Å²) in [4.78, 5) is 38.1. The standard InChI is InChI=1S/C61H102O6/c1-4-7-10-13-16-19-22-25-28-29-30-31-34-36-39-42-45-48-51-54-60(63)66-57-58(67-61(64)55-52-49-46-43-40-37-33-27-24-21-18-15-12-9-6-3)56-65-59(62)53-50-47-44-41-38-35-32-26-23-20-17-14-11-8-5-2/h7,10,16,19,25-28,30-33,36,39,45,48,58H,4-6,8-9,11-15,17-18,20-24,29,34-35,37-38,40-44,46-47,49-57H2,1-3H3/b10-7-,19-16-,28-25-,31-30-,32-26-,33-27-,39-36-,48-45-/t58-/m1/s1. The average Bonchev–Trinajstić information content (AvgIpc) is 3.33. The zero-order valence-electron chi connectivity index (χ0n) is 43.6. The SMILES string of the molecule is CC/C=C\C/C=C\C/C=C\C/C=C\C/C=C\C/C=C\CCC(=O)OC[C@@H](COC(=O)CCCCCCC/C=C\CCCCCCCC)OC(=O)CCCCCCC/C=C\CCCCCCCC. The number of hydrogen-bond acceptors (Lipinski definition) is 6. The van der Waals surface area contributed by atoms with Gasteiger partial charge in [-0.1, -0.05) is 221 Å². The molecule has 0 aromatic heterocycles. The van der Waals surface area contributed by atoms with Gasteiger partial charge >= 0.3 is 17.9 Å². The lowest BCUT2D eigenvalue weighted by Gasteiger charge is -2.18. The van der Waals surface area contributed by atoms with Gasteiger partial charge in [0.05, 0.1) is 0 Å². The van der Waals surface area contributed by atoms with Gasteiger partial charge < -0.3 is 14.2 Å². The van der Waals surface area contributed by atoms with E-state index in [4.69, 9.17) is 14.2 Å². The van der Waals surface area contributed by atoms with Gasteiger partial charge in [-0.2, -0.15) is 0 Å². The van der Waals surface area contributed by atoms with E-state index in [1.54, 1.807) is 0 Å². The Morgan fingerprint density at radius 2 is 0.612 bits per heavy atom. The van der Waals surface area contributed by atoms with Crippen LogP contribution in [0.1, 0.15) is 252 Å². The first-order valence-electron chi connectivity index (χ1n) is 27.7. The van der Waals surface area contributed by atoms with Crippen LogP contribution in [0.5, 0.6) is 0 Å². The van der Waals surface area contributed by atoms with Crippen LogP contribution < -0.4 is 0 Å². The summed E-state index contributed by atoms with van der Waals surface area (Å²) in [6.07, 6.45) is 72.6. The maximum absolute atomic E-state index is 12.8. The third-order valence-corrected chi connectivity index (χ3v) is 11.6. The molecule has 67 heavy (non-hydrogen) atoms. The second-order valence-corrected chi connectivity index (χ2v) is 18.1. The van der Waals surface area contributed by atoms with Gasteiger partial charge in [0.2, 0.25) is 0 Å². The Balaban J connectivity index is 4.52. The minimum absolute atomic E-state index is 0.109. The lowest BCUT2D eigenvalue weighted by Crippen LogP contribution is -2.30. The van der Waals surface area contributed by atoms with Gasteiger partial charge in [0.15, 0.2) is 6.10 Å². The summed E-state index contributed by atoms with van der Waals surface area (Å²) in [5.74, 6) is -1.01. The highest BCUT2D eigenvalue weighted by molar-refractivity contribution is 5.71. The molecule has 0 aliphatic carbocycles. The Kier molecular flexibility index (Phi) is 51.9. The summed E-state index contributed by atoms with van der Waals surface area (Å²) in [5, 5.41) is 0. The van der Waals surface area contributed by atoms with Crippen molar-refractivity contribution in [3.05, 3.63) is 97.2 Å². The minimum atomic E-state index is -0.816. The van der Waals surface area contributed by atoms with Crippen LogP contribution in [-0.2, 0) is 28.6 Å². The van der Waals surface area contributed by atoms with E-state index in [0.717, 1.165) is 103 Å². The number of hydrogen-bond donors (Lipinski definition) is 0. The van der Waals surface area contributed by atoms with Crippen molar-refractivity contribution in [2.24, 2.45) is 0 Å². The van der Waals surface area contributed by atoms with Crippen molar-refractivity contribution in [1.82, 2.24) is 0 Å². The molecule has 6 nitrogen and oxygen atoms in total. The molecule has 0 rings (SSSR count). The molecule has 6 heteroatoms. The molecule has 0 saturated heterocycles. The molecule has 0 aliphatic rings. The normalized spacial score (nSPS) is 12.8. The first-order valence-corrected chi connectivity index (χ1v) is 27.7. The summed E-state index contributed by atoms with van der Waals surface area (Å²) >= 11 is 0. The van der Waals surface area contributed by atoms with Crippen molar-refractivity contribution >= 4 is 17.9 Å². The van der Waals surface area contributed by atoms with E-state index in [1.807, 2.05) is 6.08 Å². The van der Waals surface area contributed by atoms with E-state index in [-0.39, 0.29) is 37.5 Å². The van der Waals surface area contributed by atoms with Gasteiger partial charge in [0, 0.05) is 19.3 Å². The van der Waals surface area contributed by atoms with E-state index in [1.165, 1.54) is 103 Å². The topological polar surface area (TPSA) is 78.9 Å². The van der Waals surface area contributed by atoms with Crippen LogP contribution in [0.25, 0.3) is 0 Å². The molecule has 382 valence electrons. The Labute approximate surface area is 413 Å². The summed E-state index contributed by atoms with van der Waals surface area (Å²) in [6.45, 7) is 6.44. The van der Waals surface area contributed by atoms with Gasteiger partial charge in [-0.25, -0.2) is 0 Å². The molecule has 0 saturated carbocycles. The maximum atomic E-state index is 12.8. The van der Waals surface area contributed by atoms with Crippen molar-refractivity contribution in [3.63, 3.8) is 0 Å². The van der Waals surface area contributed by atoms with Crippen LogP contribution in [0, 0.1) is 0 Å². The lowest BCUT2D eigenvalue weighted by molar-refractivity contribution is -0.166. The fourth-order valence-corrected chi connectivity index (χ4v) is 7.40. The van der Waals surface area contributed by atoms with Crippen LogP contribution in [-0.4, -0.2) is 37.2 Å². The Morgan fingerprint density at radius 1 is 0.313 bits per heavy atom. The Hall–Kier alpha value is -3.67. The van der Waals surface area contributed by atoms with E-state index in [2.05, 4.69) is 112 Å². The van der Waals surface area contributed by atoms with Gasteiger partial charge in [0.25, 0.3) is 0 Å². The van der Waals surface area contributed by atoms with Crippen molar-refractivity contribution in [2.75, 3.05) is 13.2 Å². The molecule has 0 unspecified atom stereocenters. The molecule has 0 bridgehead atoms. The van der Waals surface area contributed by atoms with Gasteiger partial charge in [-0.15, -0.1) is 0 Å². The van der Waals surface area contributed by atoms with Crippen LogP contribution in [0.2, 0.25) is 0 Å². The monoisotopic (exact) mass is 931 g/mol. The molecule has 0 aliphatic heterocycles. The fourth-order valence-electron chi connectivity index (χ4n) is 7.40. The van der Waals surface area contributed by atoms with Crippen LogP contribution >= 0.6 is 0 Å². The minimum Gasteiger partial charge on any atom is -0.462 e. The van der Waals surface area contributed by atoms with E-state index >= 15 is 0 Å². The number of carbonyl (C=O) groups is 3. The van der Waals surface area contributed by atoms with Crippen LogP contribution in [0.15, 0.2) is 97.2 Å². The Morgan fingerprint density at radius 3 is 1.00 bits per heavy atom. The molecule has 1 atom stereocenters. The summed E-state index contributed by atoms with van der Waals surface area (Å²) < 4.78 is 16.8. The number of carbonyl (C=O) groups excluding carboxylic acids is 3. The van der Waals surface area contributed by atoms with E-state index in [0.29, 0.717) is 19.3 Å². The third kappa shape index (κ3) is 53.2. The average molecular weight is 931 g/mol. The number of unbranched alkanes of at least 4 members (excludes halogenated alkanes) is 22. The molecular formula is C61H102O6. The molecule has 0 aromatic carbocycles. The second-order valence-electron chi connectivity index (χ2n) is 18.1. The van der Waals surface area contributed by atoms with E-state index in [9.17, 15) is 14.4 Å². The molecule has 0 spiro atoms.